The molecule has 0 spiro atoms. The van der Waals surface area contributed by atoms with Crippen LogP contribution < -0.4 is 9.47 Å². The molecule has 2 aromatic rings. The van der Waals surface area contributed by atoms with Gasteiger partial charge in [0.1, 0.15) is 17.1 Å². The Kier molecular flexibility index (Phi) is 5.14. The van der Waals surface area contributed by atoms with Gasteiger partial charge in [0.2, 0.25) is 0 Å². The highest BCUT2D eigenvalue weighted by Crippen LogP contribution is 2.20. The molecule has 5 heteroatoms. The monoisotopic (exact) mass is 300 g/mol. The van der Waals surface area contributed by atoms with E-state index < -0.39 is 12.1 Å². The van der Waals surface area contributed by atoms with Gasteiger partial charge in [0.25, 0.3) is 0 Å². The fourth-order valence-corrected chi connectivity index (χ4v) is 1.75. The molecule has 22 heavy (non-hydrogen) atoms. The summed E-state index contributed by atoms with van der Waals surface area (Å²) in [6.45, 7) is 3.87. The molecule has 2 aromatic carbocycles. The Balaban J connectivity index is 2.08. The van der Waals surface area contributed by atoms with Gasteiger partial charge in [-0.3, -0.25) is 0 Å². The summed E-state index contributed by atoms with van der Waals surface area (Å²) in [4.78, 5) is 23.6. The lowest BCUT2D eigenvalue weighted by Gasteiger charge is -2.09. The van der Waals surface area contributed by atoms with Gasteiger partial charge in [0, 0.05) is 0 Å². The van der Waals surface area contributed by atoms with Crippen molar-refractivity contribution in [2.75, 3.05) is 6.61 Å². The van der Waals surface area contributed by atoms with Crippen LogP contribution in [0.2, 0.25) is 0 Å². The molecular formula is C17H16O5. The van der Waals surface area contributed by atoms with Gasteiger partial charge in [-0.05, 0) is 38.1 Å². The number of esters is 1. The molecule has 0 aliphatic carbocycles. The highest BCUT2D eigenvalue weighted by molar-refractivity contribution is 5.93. The Labute approximate surface area is 128 Å². The van der Waals surface area contributed by atoms with Crippen LogP contribution in [0.25, 0.3) is 0 Å². The lowest BCUT2D eigenvalue weighted by molar-refractivity contribution is 0.0522. The summed E-state index contributed by atoms with van der Waals surface area (Å²) in [5.41, 5.74) is 1.22. The summed E-state index contributed by atoms with van der Waals surface area (Å²) < 4.78 is 15.1. The van der Waals surface area contributed by atoms with Crippen molar-refractivity contribution in [1.82, 2.24) is 0 Å². The zero-order chi connectivity index (χ0) is 15.9. The molecule has 0 amide bonds. The van der Waals surface area contributed by atoms with E-state index >= 15 is 0 Å². The second kappa shape index (κ2) is 7.26. The number of aryl methyl sites for hydroxylation is 1. The van der Waals surface area contributed by atoms with Crippen molar-refractivity contribution in [3.05, 3.63) is 59.7 Å². The van der Waals surface area contributed by atoms with Crippen LogP contribution in [0.1, 0.15) is 22.8 Å². The van der Waals surface area contributed by atoms with E-state index in [1.807, 2.05) is 19.1 Å². The number of ether oxygens (including phenoxy) is 3. The van der Waals surface area contributed by atoms with Crippen molar-refractivity contribution >= 4 is 12.1 Å². The zero-order valence-corrected chi connectivity index (χ0v) is 12.4. The van der Waals surface area contributed by atoms with E-state index in [1.165, 1.54) is 12.1 Å². The van der Waals surface area contributed by atoms with E-state index in [2.05, 4.69) is 0 Å². The fraction of sp³-hybridized carbons (Fsp3) is 0.176. The Morgan fingerprint density at radius 1 is 0.955 bits per heavy atom. The maximum atomic E-state index is 11.8. The minimum absolute atomic E-state index is 0.0954. The third-order valence-electron chi connectivity index (χ3n) is 2.80. The molecule has 0 atom stereocenters. The summed E-state index contributed by atoms with van der Waals surface area (Å²) in [6, 6.07) is 13.3. The second-order valence-electron chi connectivity index (χ2n) is 4.48. The van der Waals surface area contributed by atoms with Gasteiger partial charge < -0.3 is 14.2 Å². The third kappa shape index (κ3) is 4.09. The molecule has 0 saturated carbocycles. The van der Waals surface area contributed by atoms with Gasteiger partial charge in [-0.2, -0.15) is 0 Å². The normalized spacial score (nSPS) is 9.91. The number of para-hydroxylation sites is 1. The molecule has 0 radical (unpaired) electrons. The van der Waals surface area contributed by atoms with Crippen LogP contribution in [0.4, 0.5) is 4.79 Å². The van der Waals surface area contributed by atoms with Crippen molar-refractivity contribution in [3.63, 3.8) is 0 Å². The molecule has 0 heterocycles. The summed E-state index contributed by atoms with van der Waals surface area (Å²) in [7, 11) is 0. The lowest BCUT2D eigenvalue weighted by Crippen LogP contribution is -2.16. The van der Waals surface area contributed by atoms with E-state index in [-0.39, 0.29) is 17.9 Å². The van der Waals surface area contributed by atoms with Gasteiger partial charge in [-0.1, -0.05) is 29.8 Å². The third-order valence-corrected chi connectivity index (χ3v) is 2.80. The first kappa shape index (κ1) is 15.6. The Bertz CT molecular complexity index is 661. The highest BCUT2D eigenvalue weighted by Gasteiger charge is 2.16. The number of carbonyl (C=O) groups is 2. The van der Waals surface area contributed by atoms with Crippen LogP contribution >= 0.6 is 0 Å². The van der Waals surface area contributed by atoms with Crippen LogP contribution in [-0.2, 0) is 4.74 Å². The van der Waals surface area contributed by atoms with E-state index in [0.717, 1.165) is 5.56 Å². The molecule has 5 nitrogen and oxygen atoms in total. The zero-order valence-electron chi connectivity index (χ0n) is 12.4. The van der Waals surface area contributed by atoms with Gasteiger partial charge in [-0.15, -0.1) is 0 Å². The van der Waals surface area contributed by atoms with E-state index in [1.54, 1.807) is 31.2 Å². The van der Waals surface area contributed by atoms with Crippen molar-refractivity contribution < 1.29 is 23.8 Å². The smallest absolute Gasteiger partial charge is 0.462 e. The highest BCUT2D eigenvalue weighted by atomic mass is 16.7. The topological polar surface area (TPSA) is 61.8 Å². The first-order chi connectivity index (χ1) is 10.6. The Morgan fingerprint density at radius 3 is 2.32 bits per heavy atom. The van der Waals surface area contributed by atoms with E-state index in [4.69, 9.17) is 14.2 Å². The van der Waals surface area contributed by atoms with Gasteiger partial charge in [0.15, 0.2) is 0 Å². The molecule has 2 rings (SSSR count). The fourth-order valence-electron chi connectivity index (χ4n) is 1.75. The Morgan fingerprint density at radius 2 is 1.64 bits per heavy atom. The van der Waals surface area contributed by atoms with E-state index in [0.29, 0.717) is 5.75 Å². The largest absolute Gasteiger partial charge is 0.519 e. The predicted octanol–water partition coefficient (Wildman–Crippen LogP) is 3.75. The van der Waals surface area contributed by atoms with E-state index in [9.17, 15) is 9.59 Å². The summed E-state index contributed by atoms with van der Waals surface area (Å²) >= 11 is 0. The minimum atomic E-state index is -0.916. The first-order valence-corrected chi connectivity index (χ1v) is 6.82. The standard InChI is InChI=1S/C17H16O5/c1-3-20-16(18)14-6-4-5-7-15(14)22-17(19)21-13-10-8-12(2)9-11-13/h4-11H,3H2,1-2H3. The molecule has 0 fully saturated rings. The molecule has 0 unspecified atom stereocenters. The number of rotatable bonds is 4. The van der Waals surface area contributed by atoms with Crippen LogP contribution in [0, 0.1) is 6.92 Å². The van der Waals surface area contributed by atoms with Crippen LogP contribution in [0.5, 0.6) is 11.5 Å². The number of carbonyl (C=O) groups excluding carboxylic acids is 2. The Hall–Kier alpha value is -2.82. The summed E-state index contributed by atoms with van der Waals surface area (Å²) in [5, 5.41) is 0. The number of benzene rings is 2. The van der Waals surface area contributed by atoms with Gasteiger partial charge in [-0.25, -0.2) is 9.59 Å². The SMILES string of the molecule is CCOC(=O)c1ccccc1OC(=O)Oc1ccc(C)cc1. The van der Waals surface area contributed by atoms with Crippen LogP contribution in [0.3, 0.4) is 0 Å². The van der Waals surface area contributed by atoms with Crippen molar-refractivity contribution in [3.8, 4) is 11.5 Å². The summed E-state index contributed by atoms with van der Waals surface area (Å²) in [6.07, 6.45) is -0.916. The molecule has 0 saturated heterocycles. The molecular weight excluding hydrogens is 284 g/mol. The molecule has 0 aliphatic rings. The minimum Gasteiger partial charge on any atom is -0.462 e. The average Bonchev–Trinajstić information content (AvgIpc) is 2.50. The predicted molar refractivity (Wildman–Crippen MR) is 80.2 cm³/mol. The van der Waals surface area contributed by atoms with Crippen LogP contribution in [0.15, 0.2) is 48.5 Å². The van der Waals surface area contributed by atoms with Crippen molar-refractivity contribution in [2.45, 2.75) is 13.8 Å². The quantitative estimate of drug-likeness (QED) is 0.635. The molecule has 0 N–H and O–H groups in total. The molecule has 0 aromatic heterocycles. The van der Waals surface area contributed by atoms with Crippen LogP contribution in [-0.4, -0.2) is 18.7 Å². The summed E-state index contributed by atoms with van der Waals surface area (Å²) in [5.74, 6) is -0.0940. The molecule has 114 valence electrons. The molecule has 0 bridgehead atoms. The van der Waals surface area contributed by atoms with Gasteiger partial charge in [0.05, 0.1) is 6.61 Å². The maximum absolute atomic E-state index is 11.8. The lowest BCUT2D eigenvalue weighted by atomic mass is 10.2. The van der Waals surface area contributed by atoms with Crippen molar-refractivity contribution in [1.29, 1.82) is 0 Å². The number of hydrogen-bond donors (Lipinski definition) is 0. The molecule has 0 aliphatic heterocycles. The van der Waals surface area contributed by atoms with Crippen molar-refractivity contribution in [2.24, 2.45) is 0 Å². The maximum Gasteiger partial charge on any atom is 0.519 e. The second-order valence-corrected chi connectivity index (χ2v) is 4.48. The average molecular weight is 300 g/mol. The van der Waals surface area contributed by atoms with Gasteiger partial charge >= 0.3 is 12.1 Å². The first-order valence-electron chi connectivity index (χ1n) is 6.82. The number of hydrogen-bond acceptors (Lipinski definition) is 5.